The molecule has 3 nitrogen and oxygen atoms in total. The summed E-state index contributed by atoms with van der Waals surface area (Å²) in [6.07, 6.45) is 9.90. The average Bonchev–Trinajstić information content (AvgIpc) is 3.66. The highest BCUT2D eigenvalue weighted by Crippen LogP contribution is 2.39. The van der Waals surface area contributed by atoms with Gasteiger partial charge in [-0.1, -0.05) is 78.9 Å². The van der Waals surface area contributed by atoms with Crippen LogP contribution in [0.4, 0.5) is 17.1 Å². The summed E-state index contributed by atoms with van der Waals surface area (Å²) in [5.41, 5.74) is 13.7. The Labute approximate surface area is 239 Å². The van der Waals surface area contributed by atoms with Crippen molar-refractivity contribution < 1.29 is 0 Å². The summed E-state index contributed by atoms with van der Waals surface area (Å²) in [6.45, 7) is 9.07. The molecule has 0 fully saturated rings. The van der Waals surface area contributed by atoms with E-state index in [0.717, 1.165) is 36.7 Å². The molecule has 40 heavy (non-hydrogen) atoms. The first-order chi connectivity index (χ1) is 19.7. The highest BCUT2D eigenvalue weighted by Gasteiger charge is 2.13. The van der Waals surface area contributed by atoms with E-state index in [1.54, 1.807) is 0 Å². The van der Waals surface area contributed by atoms with Gasteiger partial charge >= 0.3 is 0 Å². The van der Waals surface area contributed by atoms with Crippen molar-refractivity contribution in [1.82, 2.24) is 0 Å². The van der Waals surface area contributed by atoms with Crippen LogP contribution in [0.5, 0.6) is 0 Å². The van der Waals surface area contributed by atoms with Gasteiger partial charge in [-0.2, -0.15) is 0 Å². The standard InChI is InChI=1S/C30H33N3.C7H6/c1-4-31-28-16-10-7-13-25(28)22-19-23(26-14-8-11-17-29(26)32-5-2)21-24(20-22)27-15-9-12-18-30(27)33-6-3;1-2-7-4-3-6(1)5-7/h7-21,31-33H,4-6H2,1-3H3;1-4H,5H2. The number of hydrogen-bond acceptors (Lipinski definition) is 3. The number of hydrogen-bond donors (Lipinski definition) is 3. The summed E-state index contributed by atoms with van der Waals surface area (Å²) in [7, 11) is 0. The molecule has 0 spiro atoms. The fraction of sp³-hybridized carbons (Fsp3) is 0.189. The maximum atomic E-state index is 3.53. The van der Waals surface area contributed by atoms with Gasteiger partial charge in [-0.05, 0) is 91.4 Å². The zero-order valence-corrected chi connectivity index (χ0v) is 23.8. The third-order valence-electron chi connectivity index (χ3n) is 7.18. The molecule has 0 aliphatic heterocycles. The van der Waals surface area contributed by atoms with Gasteiger partial charge < -0.3 is 16.0 Å². The Hall–Kier alpha value is -4.50. The van der Waals surface area contributed by atoms with Crippen LogP contribution in [0.15, 0.2) is 126 Å². The predicted octanol–water partition coefficient (Wildman–Crippen LogP) is 9.80. The highest BCUT2D eigenvalue weighted by atomic mass is 14.9. The molecule has 0 atom stereocenters. The summed E-state index contributed by atoms with van der Waals surface area (Å²) in [4.78, 5) is 0. The van der Waals surface area contributed by atoms with Gasteiger partial charge in [-0.15, -0.1) is 0 Å². The van der Waals surface area contributed by atoms with Crippen LogP contribution in [0, 0.1) is 0 Å². The van der Waals surface area contributed by atoms with Crippen LogP contribution in [0.1, 0.15) is 27.2 Å². The van der Waals surface area contributed by atoms with E-state index in [9.17, 15) is 0 Å². The van der Waals surface area contributed by atoms with Crippen molar-refractivity contribution in [3.8, 4) is 33.4 Å². The fourth-order valence-corrected chi connectivity index (χ4v) is 5.34. The summed E-state index contributed by atoms with van der Waals surface area (Å²) >= 11 is 0. The molecule has 2 aliphatic rings. The second-order valence-electron chi connectivity index (χ2n) is 10.0. The van der Waals surface area contributed by atoms with Gasteiger partial charge in [0.05, 0.1) is 0 Å². The first kappa shape index (κ1) is 27.1. The molecule has 0 radical (unpaired) electrons. The zero-order valence-electron chi connectivity index (χ0n) is 23.8. The van der Waals surface area contributed by atoms with Crippen molar-refractivity contribution in [2.45, 2.75) is 27.2 Å². The third-order valence-corrected chi connectivity index (χ3v) is 7.18. The minimum atomic E-state index is 0.885. The quantitative estimate of drug-likeness (QED) is 0.203. The Morgan fingerprint density at radius 1 is 0.475 bits per heavy atom. The van der Waals surface area contributed by atoms with Gasteiger partial charge in [0.25, 0.3) is 0 Å². The summed E-state index contributed by atoms with van der Waals surface area (Å²) in [6, 6.07) is 32.6. The summed E-state index contributed by atoms with van der Waals surface area (Å²) in [5, 5.41) is 10.6. The second kappa shape index (κ2) is 13.0. The largest absolute Gasteiger partial charge is 0.385 e. The topological polar surface area (TPSA) is 36.1 Å². The number of benzene rings is 4. The molecule has 202 valence electrons. The van der Waals surface area contributed by atoms with E-state index in [2.05, 4.69) is 152 Å². The molecule has 0 unspecified atom stereocenters. The van der Waals surface area contributed by atoms with Crippen molar-refractivity contribution in [2.75, 3.05) is 35.6 Å². The molecule has 0 heterocycles. The Balaban J connectivity index is 0.000000395. The minimum absolute atomic E-state index is 0.885. The molecule has 0 aromatic heterocycles. The molecule has 4 aromatic carbocycles. The molecule has 0 saturated carbocycles. The van der Waals surface area contributed by atoms with E-state index in [1.807, 2.05) is 0 Å². The molecular weight excluding hydrogens is 486 g/mol. The normalized spacial score (nSPS) is 12.8. The van der Waals surface area contributed by atoms with E-state index in [1.165, 1.54) is 50.9 Å². The lowest BCUT2D eigenvalue weighted by atomic mass is 9.91. The number of fused-ring (bicyclic) bond motifs is 2. The van der Waals surface area contributed by atoms with E-state index in [0.29, 0.717) is 0 Å². The fourth-order valence-electron chi connectivity index (χ4n) is 5.34. The van der Waals surface area contributed by atoms with Gasteiger partial charge in [0.2, 0.25) is 0 Å². The number of rotatable bonds is 9. The van der Waals surface area contributed by atoms with Crippen molar-refractivity contribution in [1.29, 1.82) is 0 Å². The Morgan fingerprint density at radius 3 is 1.05 bits per heavy atom. The lowest BCUT2D eigenvalue weighted by molar-refractivity contribution is 1.21. The van der Waals surface area contributed by atoms with Crippen molar-refractivity contribution in [2.24, 2.45) is 0 Å². The zero-order chi connectivity index (χ0) is 27.7. The minimum Gasteiger partial charge on any atom is -0.385 e. The van der Waals surface area contributed by atoms with Crippen molar-refractivity contribution in [3.05, 3.63) is 126 Å². The molecule has 6 rings (SSSR count). The number of allylic oxidation sites excluding steroid dienone is 6. The van der Waals surface area contributed by atoms with Gasteiger partial charge in [-0.25, -0.2) is 0 Å². The second-order valence-corrected chi connectivity index (χ2v) is 10.0. The average molecular weight is 526 g/mol. The van der Waals surface area contributed by atoms with Gasteiger partial charge in [0, 0.05) is 53.4 Å². The molecule has 3 heteroatoms. The Morgan fingerprint density at radius 2 is 0.800 bits per heavy atom. The maximum absolute atomic E-state index is 3.53. The van der Waals surface area contributed by atoms with Crippen LogP contribution in [0.2, 0.25) is 0 Å². The smallest absolute Gasteiger partial charge is 0.0419 e. The van der Waals surface area contributed by atoms with Crippen LogP contribution >= 0.6 is 0 Å². The molecule has 0 saturated heterocycles. The molecular formula is C37H39N3. The molecule has 2 bridgehead atoms. The highest BCUT2D eigenvalue weighted by molar-refractivity contribution is 5.90. The van der Waals surface area contributed by atoms with Gasteiger partial charge in [0.15, 0.2) is 0 Å². The van der Waals surface area contributed by atoms with E-state index >= 15 is 0 Å². The van der Waals surface area contributed by atoms with Gasteiger partial charge in [0.1, 0.15) is 0 Å². The SMILES string of the molecule is C1=CC2=CC=C1C2.CCNc1ccccc1-c1cc(-c2ccccc2NCC)cc(-c2ccccc2NCC)c1. The van der Waals surface area contributed by atoms with Gasteiger partial charge in [-0.3, -0.25) is 0 Å². The number of nitrogens with one attached hydrogen (secondary N) is 3. The maximum Gasteiger partial charge on any atom is 0.0419 e. The van der Waals surface area contributed by atoms with Crippen molar-refractivity contribution in [3.63, 3.8) is 0 Å². The summed E-state index contributed by atoms with van der Waals surface area (Å²) < 4.78 is 0. The van der Waals surface area contributed by atoms with Crippen LogP contribution < -0.4 is 16.0 Å². The monoisotopic (exact) mass is 525 g/mol. The molecule has 2 aliphatic carbocycles. The Kier molecular flexibility index (Phi) is 8.83. The Bertz CT molecular complexity index is 1370. The van der Waals surface area contributed by atoms with Crippen molar-refractivity contribution >= 4 is 17.1 Å². The molecule has 3 N–H and O–H groups in total. The van der Waals surface area contributed by atoms with Crippen LogP contribution in [-0.4, -0.2) is 19.6 Å². The lowest BCUT2D eigenvalue weighted by Gasteiger charge is -2.18. The molecule has 4 aromatic rings. The first-order valence-corrected chi connectivity index (χ1v) is 14.4. The lowest BCUT2D eigenvalue weighted by Crippen LogP contribution is -2.01. The van der Waals surface area contributed by atoms with E-state index < -0.39 is 0 Å². The van der Waals surface area contributed by atoms with Crippen LogP contribution in [0.25, 0.3) is 33.4 Å². The predicted molar refractivity (Wildman–Crippen MR) is 175 cm³/mol. The van der Waals surface area contributed by atoms with Crippen LogP contribution in [-0.2, 0) is 0 Å². The van der Waals surface area contributed by atoms with Crippen LogP contribution in [0.3, 0.4) is 0 Å². The van der Waals surface area contributed by atoms with E-state index in [4.69, 9.17) is 0 Å². The number of anilines is 3. The first-order valence-electron chi connectivity index (χ1n) is 14.4. The molecule has 0 amide bonds. The number of para-hydroxylation sites is 3. The van der Waals surface area contributed by atoms with E-state index in [-0.39, 0.29) is 0 Å². The third kappa shape index (κ3) is 6.21. The summed E-state index contributed by atoms with van der Waals surface area (Å²) in [5.74, 6) is 0.